The van der Waals surface area contributed by atoms with E-state index in [2.05, 4.69) is 12.2 Å². The van der Waals surface area contributed by atoms with Crippen molar-refractivity contribution in [3.05, 3.63) is 12.2 Å². The molecule has 16 heavy (non-hydrogen) atoms. The number of hydrogen-bond donors (Lipinski definition) is 1. The molecule has 4 unspecified atom stereocenters. The standard InChI is InChI=1S/C13H19NO2/c15-8-10-3-4-14(7-10)13(16)12-6-9-1-2-11(12)5-9/h1-2,9-12,15H,3-8H2. The van der Waals surface area contributed by atoms with Crippen LogP contribution in [0.5, 0.6) is 0 Å². The predicted molar refractivity (Wildman–Crippen MR) is 60.6 cm³/mol. The molecule has 1 amide bonds. The first-order chi connectivity index (χ1) is 7.78. The molecule has 0 spiro atoms. The Morgan fingerprint density at radius 2 is 2.25 bits per heavy atom. The highest BCUT2D eigenvalue weighted by Crippen LogP contribution is 2.44. The van der Waals surface area contributed by atoms with Crippen molar-refractivity contribution in [3.63, 3.8) is 0 Å². The molecule has 0 aromatic carbocycles. The zero-order valence-corrected chi connectivity index (χ0v) is 9.51. The van der Waals surface area contributed by atoms with E-state index in [1.807, 2.05) is 4.90 Å². The Morgan fingerprint density at radius 1 is 1.38 bits per heavy atom. The maximum absolute atomic E-state index is 12.3. The Hall–Kier alpha value is -0.830. The molecule has 4 atom stereocenters. The maximum atomic E-state index is 12.3. The fourth-order valence-electron chi connectivity index (χ4n) is 3.48. The van der Waals surface area contributed by atoms with E-state index >= 15 is 0 Å². The lowest BCUT2D eigenvalue weighted by Crippen LogP contribution is -2.36. The van der Waals surface area contributed by atoms with Gasteiger partial charge in [-0.25, -0.2) is 0 Å². The average molecular weight is 221 g/mol. The van der Waals surface area contributed by atoms with Crippen molar-refractivity contribution in [2.75, 3.05) is 19.7 Å². The van der Waals surface area contributed by atoms with Gasteiger partial charge in [-0.05, 0) is 31.1 Å². The van der Waals surface area contributed by atoms with Crippen molar-refractivity contribution in [3.8, 4) is 0 Å². The first-order valence-electron chi connectivity index (χ1n) is 6.36. The summed E-state index contributed by atoms with van der Waals surface area (Å²) in [4.78, 5) is 14.3. The number of amides is 1. The van der Waals surface area contributed by atoms with Gasteiger partial charge in [-0.15, -0.1) is 0 Å². The van der Waals surface area contributed by atoms with Crippen molar-refractivity contribution in [2.24, 2.45) is 23.7 Å². The number of carbonyl (C=O) groups is 1. The molecule has 2 fully saturated rings. The molecule has 0 aromatic heterocycles. The largest absolute Gasteiger partial charge is 0.396 e. The van der Waals surface area contributed by atoms with Gasteiger partial charge in [0, 0.05) is 31.5 Å². The summed E-state index contributed by atoms with van der Waals surface area (Å²) < 4.78 is 0. The van der Waals surface area contributed by atoms with Crippen molar-refractivity contribution in [1.82, 2.24) is 4.90 Å². The molecule has 3 aliphatic rings. The Kier molecular flexibility index (Phi) is 2.51. The van der Waals surface area contributed by atoms with Crippen LogP contribution in [0, 0.1) is 23.7 Å². The highest BCUT2D eigenvalue weighted by Gasteiger charge is 2.42. The van der Waals surface area contributed by atoms with Gasteiger partial charge < -0.3 is 10.0 Å². The lowest BCUT2D eigenvalue weighted by molar-refractivity contribution is -0.135. The lowest BCUT2D eigenvalue weighted by atomic mass is 9.92. The van der Waals surface area contributed by atoms with Gasteiger partial charge in [-0.1, -0.05) is 12.2 Å². The first-order valence-corrected chi connectivity index (χ1v) is 6.36. The third-order valence-corrected chi connectivity index (χ3v) is 4.45. The van der Waals surface area contributed by atoms with E-state index in [1.54, 1.807) is 0 Å². The first kappa shape index (κ1) is 10.3. The van der Waals surface area contributed by atoms with Crippen LogP contribution in [0.25, 0.3) is 0 Å². The third kappa shape index (κ3) is 1.58. The van der Waals surface area contributed by atoms with Crippen LogP contribution >= 0.6 is 0 Å². The van der Waals surface area contributed by atoms with E-state index in [1.165, 1.54) is 6.42 Å². The van der Waals surface area contributed by atoms with Crippen LogP contribution in [0.15, 0.2) is 12.2 Å². The molecule has 0 radical (unpaired) electrons. The van der Waals surface area contributed by atoms with Gasteiger partial charge in [0.2, 0.25) is 5.91 Å². The van der Waals surface area contributed by atoms with Crippen LogP contribution < -0.4 is 0 Å². The Morgan fingerprint density at radius 3 is 2.81 bits per heavy atom. The number of carbonyl (C=O) groups excluding carboxylic acids is 1. The molecule has 1 aliphatic heterocycles. The fraction of sp³-hybridized carbons (Fsp3) is 0.769. The summed E-state index contributed by atoms with van der Waals surface area (Å²) in [5.41, 5.74) is 0. The van der Waals surface area contributed by atoms with E-state index in [4.69, 9.17) is 5.11 Å². The molecule has 2 aliphatic carbocycles. The molecule has 3 heteroatoms. The highest BCUT2D eigenvalue weighted by molar-refractivity contribution is 5.80. The minimum Gasteiger partial charge on any atom is -0.396 e. The van der Waals surface area contributed by atoms with Crippen LogP contribution in [0.2, 0.25) is 0 Å². The predicted octanol–water partition coefficient (Wildman–Crippen LogP) is 1.04. The van der Waals surface area contributed by atoms with Crippen LogP contribution in [-0.4, -0.2) is 35.6 Å². The van der Waals surface area contributed by atoms with Crippen LogP contribution in [0.3, 0.4) is 0 Å². The summed E-state index contributed by atoms with van der Waals surface area (Å²) in [5, 5.41) is 9.09. The van der Waals surface area contributed by atoms with Gasteiger partial charge in [0.05, 0.1) is 0 Å². The molecule has 2 bridgehead atoms. The van der Waals surface area contributed by atoms with Gasteiger partial charge in [-0.3, -0.25) is 4.79 Å². The number of hydrogen-bond acceptors (Lipinski definition) is 2. The van der Waals surface area contributed by atoms with Crippen molar-refractivity contribution < 1.29 is 9.90 Å². The number of aliphatic hydroxyl groups excluding tert-OH is 1. The minimum atomic E-state index is 0.223. The van der Waals surface area contributed by atoms with Crippen LogP contribution in [-0.2, 0) is 4.79 Å². The molecule has 1 heterocycles. The Bertz CT molecular complexity index is 326. The van der Waals surface area contributed by atoms with Gasteiger partial charge in [-0.2, -0.15) is 0 Å². The van der Waals surface area contributed by atoms with Crippen LogP contribution in [0.1, 0.15) is 19.3 Å². The molecule has 1 N–H and O–H groups in total. The number of allylic oxidation sites excluding steroid dienone is 2. The van der Waals surface area contributed by atoms with E-state index in [9.17, 15) is 4.79 Å². The van der Waals surface area contributed by atoms with Gasteiger partial charge in [0.15, 0.2) is 0 Å². The fourth-order valence-corrected chi connectivity index (χ4v) is 3.48. The van der Waals surface area contributed by atoms with Gasteiger partial charge in [0.25, 0.3) is 0 Å². The third-order valence-electron chi connectivity index (χ3n) is 4.45. The quantitative estimate of drug-likeness (QED) is 0.708. The van der Waals surface area contributed by atoms with Crippen LogP contribution in [0.4, 0.5) is 0 Å². The number of fused-ring (bicyclic) bond motifs is 2. The number of likely N-dealkylation sites (tertiary alicyclic amines) is 1. The zero-order chi connectivity index (χ0) is 11.1. The van der Waals surface area contributed by atoms with Gasteiger partial charge in [0.1, 0.15) is 0 Å². The minimum absolute atomic E-state index is 0.223. The SMILES string of the molecule is O=C(C1CC2C=CC1C2)N1CCC(CO)C1. The highest BCUT2D eigenvalue weighted by atomic mass is 16.3. The van der Waals surface area contributed by atoms with E-state index < -0.39 is 0 Å². The summed E-state index contributed by atoms with van der Waals surface area (Å²) in [5.74, 6) is 2.07. The molecular formula is C13H19NO2. The molecular weight excluding hydrogens is 202 g/mol. The molecule has 88 valence electrons. The molecule has 3 rings (SSSR count). The molecule has 1 saturated carbocycles. The van der Waals surface area contributed by atoms with Gasteiger partial charge >= 0.3 is 0 Å². The summed E-state index contributed by atoms with van der Waals surface area (Å²) in [6, 6.07) is 0. The molecule has 1 saturated heterocycles. The second-order valence-electron chi connectivity index (χ2n) is 5.51. The van der Waals surface area contributed by atoms with Crippen molar-refractivity contribution in [1.29, 1.82) is 0 Å². The summed E-state index contributed by atoms with van der Waals surface area (Å²) in [7, 11) is 0. The Labute approximate surface area is 96.1 Å². The topological polar surface area (TPSA) is 40.5 Å². The van der Waals surface area contributed by atoms with Crippen molar-refractivity contribution >= 4 is 5.91 Å². The lowest BCUT2D eigenvalue weighted by Gasteiger charge is -2.24. The van der Waals surface area contributed by atoms with Crippen molar-refractivity contribution in [2.45, 2.75) is 19.3 Å². The monoisotopic (exact) mass is 221 g/mol. The molecule has 0 aromatic rings. The summed E-state index contributed by atoms with van der Waals surface area (Å²) >= 11 is 0. The summed E-state index contributed by atoms with van der Waals surface area (Å²) in [6.07, 6.45) is 7.72. The maximum Gasteiger partial charge on any atom is 0.226 e. The van der Waals surface area contributed by atoms with E-state index in [0.29, 0.717) is 23.7 Å². The zero-order valence-electron chi connectivity index (χ0n) is 9.51. The number of aliphatic hydroxyl groups is 1. The average Bonchev–Trinajstić information content (AvgIpc) is 3.03. The smallest absolute Gasteiger partial charge is 0.226 e. The number of nitrogens with zero attached hydrogens (tertiary/aromatic N) is 1. The van der Waals surface area contributed by atoms with E-state index in [-0.39, 0.29) is 12.5 Å². The van der Waals surface area contributed by atoms with E-state index in [0.717, 1.165) is 25.9 Å². The second kappa shape index (κ2) is 3.88. The second-order valence-corrected chi connectivity index (χ2v) is 5.51. The summed E-state index contributed by atoms with van der Waals surface area (Å²) in [6.45, 7) is 1.84. The normalized spacial score (nSPS) is 40.9. The number of rotatable bonds is 2. The Balaban J connectivity index is 1.64. The molecule has 3 nitrogen and oxygen atoms in total.